The molecule has 11 heteroatoms. The number of halogens is 4. The molecule has 1 aromatic carbocycles. The Kier molecular flexibility index (Phi) is 6.20. The summed E-state index contributed by atoms with van der Waals surface area (Å²) in [4.78, 5) is 11.3. The van der Waals surface area contributed by atoms with Crippen molar-refractivity contribution >= 4 is 17.5 Å². The molecule has 0 radical (unpaired) electrons. The van der Waals surface area contributed by atoms with Gasteiger partial charge in [0.05, 0.1) is 18.4 Å². The Morgan fingerprint density at radius 1 is 1.17 bits per heavy atom. The molecule has 3 heterocycles. The number of fused-ring (bicyclic) bond motifs is 1. The second kappa shape index (κ2) is 8.99. The molecule has 7 nitrogen and oxygen atoms in total. The zero-order valence-corrected chi connectivity index (χ0v) is 18.5. The van der Waals surface area contributed by atoms with Crippen LogP contribution in [-0.2, 0) is 16.9 Å². The summed E-state index contributed by atoms with van der Waals surface area (Å²) in [5.74, 6) is -1.02. The Labute approximate surface area is 197 Å². The maximum Gasteiger partial charge on any atom is 0.423 e. The van der Waals surface area contributed by atoms with E-state index in [1.165, 1.54) is 29.8 Å². The molecule has 4 rings (SSSR count). The van der Waals surface area contributed by atoms with E-state index in [1.807, 2.05) is 4.40 Å². The Bertz CT molecular complexity index is 1410. The van der Waals surface area contributed by atoms with Crippen molar-refractivity contribution in [3.05, 3.63) is 83.6 Å². The summed E-state index contributed by atoms with van der Waals surface area (Å²) in [5.41, 5.74) is 5.06. The van der Waals surface area contributed by atoms with Gasteiger partial charge in [-0.05, 0) is 66.1 Å². The number of amides is 1. The SMILES string of the molecule is CCC(O)(c1cn(Cc2ccn3c(-c4ccc(F)cc4)c(C=CC(N)=O)cc3c2)nn1)C(F)(F)F. The number of hydrogen-bond donors (Lipinski definition) is 2. The Balaban J connectivity index is 1.71. The highest BCUT2D eigenvalue weighted by Gasteiger charge is 2.55. The fraction of sp³-hybridized carbons (Fsp3) is 0.208. The molecule has 0 aliphatic heterocycles. The third kappa shape index (κ3) is 4.67. The highest BCUT2D eigenvalue weighted by atomic mass is 19.4. The molecular weight excluding hydrogens is 466 g/mol. The second-order valence-corrected chi connectivity index (χ2v) is 8.03. The summed E-state index contributed by atoms with van der Waals surface area (Å²) in [6, 6.07) is 11.2. The number of aromatic nitrogens is 4. The molecule has 3 N–H and O–H groups in total. The van der Waals surface area contributed by atoms with Crippen molar-refractivity contribution in [2.45, 2.75) is 31.7 Å². The molecule has 0 saturated carbocycles. The summed E-state index contributed by atoms with van der Waals surface area (Å²) in [6.07, 6.45) is 0.110. The molecule has 1 unspecified atom stereocenters. The van der Waals surface area contributed by atoms with Gasteiger partial charge in [-0.2, -0.15) is 13.2 Å². The largest absolute Gasteiger partial charge is 0.423 e. The maximum absolute atomic E-state index is 13.4. The van der Waals surface area contributed by atoms with Crippen LogP contribution in [0.25, 0.3) is 22.9 Å². The predicted octanol–water partition coefficient (Wildman–Crippen LogP) is 4.04. The highest BCUT2D eigenvalue weighted by Crippen LogP contribution is 2.40. The first-order valence-corrected chi connectivity index (χ1v) is 10.6. The number of primary amides is 1. The van der Waals surface area contributed by atoms with Crippen LogP contribution in [0.5, 0.6) is 0 Å². The van der Waals surface area contributed by atoms with E-state index < -0.39 is 29.8 Å². The van der Waals surface area contributed by atoms with Gasteiger partial charge in [-0.1, -0.05) is 12.1 Å². The topological polar surface area (TPSA) is 98.4 Å². The van der Waals surface area contributed by atoms with Crippen molar-refractivity contribution < 1.29 is 27.5 Å². The minimum Gasteiger partial charge on any atom is -0.375 e. The summed E-state index contributed by atoms with van der Waals surface area (Å²) >= 11 is 0. The molecule has 4 aromatic rings. The van der Waals surface area contributed by atoms with E-state index in [1.54, 1.807) is 42.6 Å². The van der Waals surface area contributed by atoms with Crippen molar-refractivity contribution in [1.82, 2.24) is 19.4 Å². The molecule has 0 aliphatic carbocycles. The fourth-order valence-corrected chi connectivity index (χ4v) is 3.84. The zero-order chi connectivity index (χ0) is 25.4. The molecule has 182 valence electrons. The Morgan fingerprint density at radius 3 is 2.51 bits per heavy atom. The van der Waals surface area contributed by atoms with E-state index >= 15 is 0 Å². The number of aliphatic hydroxyl groups is 1. The van der Waals surface area contributed by atoms with Gasteiger partial charge in [-0.25, -0.2) is 9.07 Å². The van der Waals surface area contributed by atoms with Crippen molar-refractivity contribution in [1.29, 1.82) is 0 Å². The lowest BCUT2D eigenvalue weighted by atomic mass is 9.96. The molecule has 1 amide bonds. The van der Waals surface area contributed by atoms with Gasteiger partial charge in [0.15, 0.2) is 0 Å². The smallest absolute Gasteiger partial charge is 0.375 e. The number of hydrogen-bond acceptors (Lipinski definition) is 4. The van der Waals surface area contributed by atoms with Gasteiger partial charge in [-0.15, -0.1) is 5.10 Å². The van der Waals surface area contributed by atoms with E-state index in [-0.39, 0.29) is 12.4 Å². The van der Waals surface area contributed by atoms with Crippen LogP contribution < -0.4 is 5.73 Å². The van der Waals surface area contributed by atoms with Crippen LogP contribution in [0.3, 0.4) is 0 Å². The third-order valence-electron chi connectivity index (χ3n) is 5.70. The van der Waals surface area contributed by atoms with Crippen molar-refractivity contribution in [3.8, 4) is 11.3 Å². The molecule has 3 aromatic heterocycles. The molecule has 0 saturated heterocycles. The van der Waals surface area contributed by atoms with Crippen LogP contribution >= 0.6 is 0 Å². The van der Waals surface area contributed by atoms with E-state index in [2.05, 4.69) is 10.3 Å². The van der Waals surface area contributed by atoms with Crippen molar-refractivity contribution in [3.63, 3.8) is 0 Å². The van der Waals surface area contributed by atoms with E-state index in [0.29, 0.717) is 27.9 Å². The Morgan fingerprint density at radius 2 is 1.89 bits per heavy atom. The first-order chi connectivity index (χ1) is 16.5. The summed E-state index contributed by atoms with van der Waals surface area (Å²) < 4.78 is 56.5. The van der Waals surface area contributed by atoms with E-state index in [4.69, 9.17) is 5.73 Å². The number of nitrogens with two attached hydrogens (primary N) is 1. The molecule has 0 spiro atoms. The van der Waals surface area contributed by atoms with Crippen LogP contribution in [0, 0.1) is 5.82 Å². The minimum atomic E-state index is -4.89. The van der Waals surface area contributed by atoms with Gasteiger partial charge in [0.1, 0.15) is 11.5 Å². The fourth-order valence-electron chi connectivity index (χ4n) is 3.84. The Hall–Kier alpha value is -3.99. The average molecular weight is 487 g/mol. The molecule has 1 atom stereocenters. The van der Waals surface area contributed by atoms with Gasteiger partial charge in [0.25, 0.3) is 0 Å². The third-order valence-corrected chi connectivity index (χ3v) is 5.70. The number of benzene rings is 1. The number of carbonyl (C=O) groups excluding carboxylic acids is 1. The predicted molar refractivity (Wildman–Crippen MR) is 120 cm³/mol. The normalized spacial score (nSPS) is 14.0. The molecule has 0 bridgehead atoms. The average Bonchev–Trinajstić information content (AvgIpc) is 3.41. The maximum atomic E-state index is 13.4. The summed E-state index contributed by atoms with van der Waals surface area (Å²) in [5, 5.41) is 17.4. The van der Waals surface area contributed by atoms with Gasteiger partial charge in [-0.3, -0.25) is 4.79 Å². The minimum absolute atomic E-state index is 0.102. The van der Waals surface area contributed by atoms with Crippen LogP contribution in [0.4, 0.5) is 17.6 Å². The van der Waals surface area contributed by atoms with Crippen molar-refractivity contribution in [2.75, 3.05) is 0 Å². The first-order valence-electron chi connectivity index (χ1n) is 10.6. The summed E-state index contributed by atoms with van der Waals surface area (Å²) in [7, 11) is 0. The second-order valence-electron chi connectivity index (χ2n) is 8.03. The van der Waals surface area contributed by atoms with Crippen LogP contribution in [0.2, 0.25) is 0 Å². The summed E-state index contributed by atoms with van der Waals surface area (Å²) in [6.45, 7) is 1.32. The molecular formula is C24H21F4N5O2. The monoisotopic (exact) mass is 487 g/mol. The van der Waals surface area contributed by atoms with E-state index in [9.17, 15) is 27.5 Å². The van der Waals surface area contributed by atoms with Gasteiger partial charge in [0, 0.05) is 23.4 Å². The standard InChI is InChI=1S/C24H21F4N5O2/c1-2-23(35,24(26,27)28)20-14-32(31-30-20)13-15-9-10-33-19(11-15)12-17(5-8-21(29)34)22(33)16-3-6-18(25)7-4-16/h3-12,14,35H,2,13H2,1H3,(H2,29,34). The number of nitrogens with zero attached hydrogens (tertiary/aromatic N) is 4. The van der Waals surface area contributed by atoms with Crippen molar-refractivity contribution in [2.24, 2.45) is 5.73 Å². The number of pyridine rings is 1. The molecule has 0 aliphatic rings. The number of carbonyl (C=O) groups is 1. The molecule has 0 fully saturated rings. The lowest BCUT2D eigenvalue weighted by molar-refractivity contribution is -0.269. The van der Waals surface area contributed by atoms with Gasteiger partial charge >= 0.3 is 6.18 Å². The lowest BCUT2D eigenvalue weighted by Crippen LogP contribution is -2.42. The number of alkyl halides is 3. The van der Waals surface area contributed by atoms with Gasteiger partial charge in [0.2, 0.25) is 11.5 Å². The quantitative estimate of drug-likeness (QED) is 0.304. The zero-order valence-electron chi connectivity index (χ0n) is 18.5. The van der Waals surface area contributed by atoms with E-state index in [0.717, 1.165) is 6.20 Å². The highest BCUT2D eigenvalue weighted by molar-refractivity contribution is 5.92. The van der Waals surface area contributed by atoms with Crippen LogP contribution in [0.1, 0.15) is 30.2 Å². The van der Waals surface area contributed by atoms with Crippen LogP contribution in [-0.4, -0.2) is 36.6 Å². The first kappa shape index (κ1) is 24.1. The number of rotatable bonds is 7. The van der Waals surface area contributed by atoms with Gasteiger partial charge < -0.3 is 15.2 Å². The lowest BCUT2D eigenvalue weighted by Gasteiger charge is -2.26. The van der Waals surface area contributed by atoms with Crippen LogP contribution in [0.15, 0.2) is 60.9 Å². The molecule has 35 heavy (non-hydrogen) atoms.